The minimum atomic E-state index is 0. The maximum absolute atomic E-state index is 11.4. The zero-order valence-electron chi connectivity index (χ0n) is 13.9. The van der Waals surface area contributed by atoms with Crippen LogP contribution in [-0.2, 0) is 4.79 Å². The van der Waals surface area contributed by atoms with Crippen molar-refractivity contribution < 1.29 is 4.79 Å². The lowest BCUT2D eigenvalue weighted by molar-refractivity contribution is -0.122. The van der Waals surface area contributed by atoms with Crippen molar-refractivity contribution in [1.82, 2.24) is 20.9 Å². The lowest BCUT2D eigenvalue weighted by Crippen LogP contribution is -2.50. The molecule has 1 aliphatic heterocycles. The van der Waals surface area contributed by atoms with Crippen LogP contribution in [0.1, 0.15) is 19.3 Å². The first-order chi connectivity index (χ1) is 10.2. The van der Waals surface area contributed by atoms with Gasteiger partial charge in [-0.05, 0) is 31.3 Å². The number of carbonyl (C=O) groups excluding carboxylic acids is 1. The van der Waals surface area contributed by atoms with Crippen molar-refractivity contribution in [3.8, 4) is 0 Å². The van der Waals surface area contributed by atoms with Crippen LogP contribution in [0, 0.1) is 0 Å². The molecule has 0 aliphatic carbocycles. The number of likely N-dealkylation sites (tertiary alicyclic amines) is 1. The van der Waals surface area contributed by atoms with Crippen molar-refractivity contribution in [3.05, 3.63) is 0 Å². The van der Waals surface area contributed by atoms with Crippen LogP contribution in [0.15, 0.2) is 4.99 Å². The van der Waals surface area contributed by atoms with E-state index in [9.17, 15) is 4.79 Å². The summed E-state index contributed by atoms with van der Waals surface area (Å²) < 4.78 is 0. The molecule has 0 aromatic rings. The van der Waals surface area contributed by atoms with Gasteiger partial charge in [0.25, 0.3) is 0 Å². The number of piperidine rings is 1. The average Bonchev–Trinajstić information content (AvgIpc) is 2.51. The van der Waals surface area contributed by atoms with E-state index >= 15 is 0 Å². The second kappa shape index (κ2) is 13.2. The third-order valence-corrected chi connectivity index (χ3v) is 4.31. The van der Waals surface area contributed by atoms with Gasteiger partial charge >= 0.3 is 0 Å². The monoisotopic (exact) mass is 443 g/mol. The van der Waals surface area contributed by atoms with E-state index in [1.165, 1.54) is 5.75 Å². The third kappa shape index (κ3) is 9.04. The van der Waals surface area contributed by atoms with Gasteiger partial charge in [0.05, 0.1) is 6.54 Å². The number of nitrogens with one attached hydrogen (secondary N) is 3. The van der Waals surface area contributed by atoms with E-state index in [-0.39, 0.29) is 29.9 Å². The van der Waals surface area contributed by atoms with Crippen molar-refractivity contribution in [2.75, 3.05) is 52.3 Å². The number of nitrogens with zero attached hydrogens (tertiary/aromatic N) is 2. The van der Waals surface area contributed by atoms with E-state index in [1.54, 1.807) is 7.05 Å². The molecule has 3 N–H and O–H groups in total. The van der Waals surface area contributed by atoms with Gasteiger partial charge in [-0.1, -0.05) is 0 Å². The van der Waals surface area contributed by atoms with Gasteiger partial charge in [-0.15, -0.1) is 24.0 Å². The molecule has 0 radical (unpaired) electrons. The Morgan fingerprint density at radius 3 is 2.59 bits per heavy atom. The molecule has 1 rings (SSSR count). The number of halogens is 1. The highest BCUT2D eigenvalue weighted by Crippen LogP contribution is 2.09. The van der Waals surface area contributed by atoms with E-state index in [0.29, 0.717) is 12.6 Å². The van der Waals surface area contributed by atoms with Crippen molar-refractivity contribution in [2.45, 2.75) is 25.3 Å². The highest BCUT2D eigenvalue weighted by Gasteiger charge is 2.21. The summed E-state index contributed by atoms with van der Waals surface area (Å²) in [5.74, 6) is 2.15. The Morgan fingerprint density at radius 1 is 1.36 bits per heavy atom. The van der Waals surface area contributed by atoms with Gasteiger partial charge in [0, 0.05) is 39.8 Å². The van der Waals surface area contributed by atoms with Crippen molar-refractivity contribution >= 4 is 47.6 Å². The lowest BCUT2D eigenvalue weighted by Gasteiger charge is -2.32. The Bertz CT molecular complexity index is 335. The SMILES string of the molecule is CN=C(NCCCSC)NC1CCN(CC(=O)NC)CC1.I. The van der Waals surface area contributed by atoms with Gasteiger partial charge in [0.2, 0.25) is 5.91 Å². The number of likely N-dealkylation sites (N-methyl/N-ethyl adjacent to an activating group) is 1. The van der Waals surface area contributed by atoms with Crippen molar-refractivity contribution in [3.63, 3.8) is 0 Å². The minimum Gasteiger partial charge on any atom is -0.358 e. The van der Waals surface area contributed by atoms with Gasteiger partial charge in [0.1, 0.15) is 0 Å². The number of hydrogen-bond donors (Lipinski definition) is 3. The zero-order chi connectivity index (χ0) is 15.5. The second-order valence-corrected chi connectivity index (χ2v) is 6.20. The molecule has 0 atom stereocenters. The van der Waals surface area contributed by atoms with E-state index in [4.69, 9.17) is 0 Å². The largest absolute Gasteiger partial charge is 0.358 e. The topological polar surface area (TPSA) is 68.8 Å². The summed E-state index contributed by atoms with van der Waals surface area (Å²) in [5, 5.41) is 9.50. The Hall–Kier alpha value is -0.220. The number of carbonyl (C=O) groups is 1. The molecule has 1 fully saturated rings. The molecule has 0 aromatic carbocycles. The molecule has 0 spiro atoms. The van der Waals surface area contributed by atoms with E-state index in [2.05, 4.69) is 32.1 Å². The first-order valence-corrected chi connectivity index (χ1v) is 8.98. The van der Waals surface area contributed by atoms with Crippen LogP contribution in [0.5, 0.6) is 0 Å². The number of amides is 1. The van der Waals surface area contributed by atoms with Crippen LogP contribution in [0.4, 0.5) is 0 Å². The smallest absolute Gasteiger partial charge is 0.233 e. The van der Waals surface area contributed by atoms with Crippen LogP contribution in [-0.4, -0.2) is 75.1 Å². The minimum absolute atomic E-state index is 0. The average molecular weight is 443 g/mol. The maximum atomic E-state index is 11.4. The van der Waals surface area contributed by atoms with E-state index < -0.39 is 0 Å². The fourth-order valence-electron chi connectivity index (χ4n) is 2.33. The quantitative estimate of drug-likeness (QED) is 0.234. The van der Waals surface area contributed by atoms with Gasteiger partial charge in [-0.2, -0.15) is 11.8 Å². The maximum Gasteiger partial charge on any atom is 0.233 e. The van der Waals surface area contributed by atoms with Gasteiger partial charge in [-0.3, -0.25) is 14.7 Å². The molecule has 1 heterocycles. The standard InChI is InChI=1S/C14H29N5OS.HI/c1-15-13(20)11-19-8-5-12(6-9-19)18-14(16-2)17-7-4-10-21-3;/h12H,4-11H2,1-3H3,(H,15,20)(H2,16,17,18);1H. The molecule has 130 valence electrons. The fraction of sp³-hybridized carbons (Fsp3) is 0.857. The summed E-state index contributed by atoms with van der Waals surface area (Å²) in [6.07, 6.45) is 5.36. The van der Waals surface area contributed by atoms with Crippen LogP contribution in [0.2, 0.25) is 0 Å². The lowest BCUT2D eigenvalue weighted by atomic mass is 10.1. The normalized spacial score (nSPS) is 16.8. The molecule has 0 bridgehead atoms. The molecule has 1 amide bonds. The molecule has 0 saturated carbocycles. The van der Waals surface area contributed by atoms with E-state index in [0.717, 1.165) is 44.9 Å². The summed E-state index contributed by atoms with van der Waals surface area (Å²) >= 11 is 1.86. The molecule has 8 heteroatoms. The Labute approximate surface area is 155 Å². The fourth-order valence-corrected chi connectivity index (χ4v) is 2.76. The third-order valence-electron chi connectivity index (χ3n) is 3.62. The van der Waals surface area contributed by atoms with Crippen molar-refractivity contribution in [2.24, 2.45) is 4.99 Å². The van der Waals surface area contributed by atoms with Crippen LogP contribution >= 0.6 is 35.7 Å². The highest BCUT2D eigenvalue weighted by molar-refractivity contribution is 14.0. The molecule has 0 unspecified atom stereocenters. The molecule has 1 saturated heterocycles. The summed E-state index contributed by atoms with van der Waals surface area (Å²) in [6, 6.07) is 0.442. The first-order valence-electron chi connectivity index (χ1n) is 7.58. The highest BCUT2D eigenvalue weighted by atomic mass is 127. The summed E-state index contributed by atoms with van der Waals surface area (Å²) in [5.41, 5.74) is 0. The predicted molar refractivity (Wildman–Crippen MR) is 106 cm³/mol. The number of hydrogen-bond acceptors (Lipinski definition) is 4. The number of rotatable bonds is 7. The summed E-state index contributed by atoms with van der Waals surface area (Å²) in [6.45, 7) is 3.37. The summed E-state index contributed by atoms with van der Waals surface area (Å²) in [7, 11) is 3.49. The second-order valence-electron chi connectivity index (χ2n) is 5.21. The molecule has 1 aliphatic rings. The Kier molecular flexibility index (Phi) is 13.1. The van der Waals surface area contributed by atoms with Gasteiger partial charge in [0.15, 0.2) is 5.96 Å². The molecule has 6 nitrogen and oxygen atoms in total. The summed E-state index contributed by atoms with van der Waals surface area (Å²) in [4.78, 5) is 17.8. The first kappa shape index (κ1) is 21.8. The Morgan fingerprint density at radius 2 is 2.05 bits per heavy atom. The van der Waals surface area contributed by atoms with Gasteiger partial charge < -0.3 is 16.0 Å². The van der Waals surface area contributed by atoms with Crippen LogP contribution in [0.3, 0.4) is 0 Å². The molecular formula is C14H30IN5OS. The van der Waals surface area contributed by atoms with Gasteiger partial charge in [-0.25, -0.2) is 0 Å². The van der Waals surface area contributed by atoms with E-state index in [1.807, 2.05) is 18.8 Å². The molecule has 0 aromatic heterocycles. The molecule has 22 heavy (non-hydrogen) atoms. The number of aliphatic imine (C=N–C) groups is 1. The Balaban J connectivity index is 0.00000441. The number of guanidine groups is 1. The van der Waals surface area contributed by atoms with Crippen LogP contribution in [0.25, 0.3) is 0 Å². The zero-order valence-corrected chi connectivity index (χ0v) is 17.0. The van der Waals surface area contributed by atoms with Crippen LogP contribution < -0.4 is 16.0 Å². The number of thioether (sulfide) groups is 1. The van der Waals surface area contributed by atoms with Crippen molar-refractivity contribution in [1.29, 1.82) is 0 Å². The predicted octanol–water partition coefficient (Wildman–Crippen LogP) is 0.733. The molecular weight excluding hydrogens is 413 g/mol.